The summed E-state index contributed by atoms with van der Waals surface area (Å²) in [6, 6.07) is 16.2. The number of methoxy groups -OCH3 is 1. The fourth-order valence-electron chi connectivity index (χ4n) is 2.70. The van der Waals surface area contributed by atoms with Crippen LogP contribution in [-0.2, 0) is 14.6 Å². The minimum atomic E-state index is -3.79. The van der Waals surface area contributed by atoms with Crippen molar-refractivity contribution in [2.24, 2.45) is 0 Å². The van der Waals surface area contributed by atoms with Gasteiger partial charge in [0, 0.05) is 17.8 Å². The van der Waals surface area contributed by atoms with Crippen molar-refractivity contribution in [1.82, 2.24) is 0 Å². The number of pyridine rings is 1. The molecule has 0 bridgehead atoms. The van der Waals surface area contributed by atoms with Gasteiger partial charge in [0.1, 0.15) is 11.5 Å². The van der Waals surface area contributed by atoms with Crippen LogP contribution in [0.5, 0.6) is 5.75 Å². The fourth-order valence-corrected chi connectivity index (χ4v) is 3.84. The number of nitrogens with zero attached hydrogens (tertiary/aromatic N) is 1. The van der Waals surface area contributed by atoms with Crippen LogP contribution < -0.4 is 14.8 Å². The number of sulfone groups is 1. The number of amides is 1. The molecule has 30 heavy (non-hydrogen) atoms. The van der Waals surface area contributed by atoms with Crippen molar-refractivity contribution in [3.63, 3.8) is 0 Å². The Labute approximate surface area is 174 Å². The van der Waals surface area contributed by atoms with E-state index in [0.717, 1.165) is 5.56 Å². The van der Waals surface area contributed by atoms with Gasteiger partial charge in [-0.05, 0) is 41.5 Å². The summed E-state index contributed by atoms with van der Waals surface area (Å²) in [7, 11) is -2.31. The first-order chi connectivity index (χ1) is 14.4. The number of hydrogen-bond donors (Lipinski definition) is 1. The van der Waals surface area contributed by atoms with Crippen LogP contribution >= 0.6 is 0 Å². The van der Waals surface area contributed by atoms with E-state index in [1.54, 1.807) is 48.6 Å². The van der Waals surface area contributed by atoms with Gasteiger partial charge in [-0.3, -0.25) is 4.79 Å². The fraction of sp³-hybridized carbons (Fsp3) is 0.0909. The molecule has 2 aromatic carbocycles. The number of hydrogen-bond acceptors (Lipinski definition) is 5. The van der Waals surface area contributed by atoms with Crippen molar-refractivity contribution in [2.45, 2.75) is 4.90 Å². The number of nitrogens with one attached hydrogen (secondary N) is 1. The maximum absolute atomic E-state index is 12.5. The molecule has 0 fully saturated rings. The molecule has 1 heterocycles. The number of rotatable bonds is 7. The van der Waals surface area contributed by atoms with Gasteiger partial charge in [0.05, 0.1) is 12.0 Å². The van der Waals surface area contributed by atoms with Crippen LogP contribution in [0.3, 0.4) is 0 Å². The summed E-state index contributed by atoms with van der Waals surface area (Å²) in [5.41, 5.74) is 2.00. The van der Waals surface area contributed by atoms with Gasteiger partial charge in [-0.15, -0.1) is 0 Å². The summed E-state index contributed by atoms with van der Waals surface area (Å²) in [6.07, 6.45) is 6.34. The third kappa shape index (κ3) is 5.45. The highest BCUT2D eigenvalue weighted by Crippen LogP contribution is 2.20. The number of carbonyl (C=O) groups excluding carboxylic acids is 1. The quantitative estimate of drug-likeness (QED) is 0.464. The van der Waals surface area contributed by atoms with Crippen LogP contribution in [0.25, 0.3) is 12.2 Å². The monoisotopic (exact) mass is 424 g/mol. The maximum Gasteiger partial charge on any atom is 0.239 e. The van der Waals surface area contributed by atoms with Crippen molar-refractivity contribution < 1.29 is 22.7 Å². The minimum absolute atomic E-state index is 0.0475. The highest BCUT2D eigenvalue weighted by Gasteiger charge is 2.20. The summed E-state index contributed by atoms with van der Waals surface area (Å²) >= 11 is 0. The molecule has 0 radical (unpaired) electrons. The number of carbonyl (C=O) groups is 1. The van der Waals surface area contributed by atoms with Gasteiger partial charge in [0.15, 0.2) is 22.2 Å². The topological polar surface area (TPSA) is 99.4 Å². The minimum Gasteiger partial charge on any atom is -0.619 e. The summed E-state index contributed by atoms with van der Waals surface area (Å²) < 4.78 is 30.7. The number of benzene rings is 2. The first-order valence-electron chi connectivity index (χ1n) is 9.00. The van der Waals surface area contributed by atoms with Crippen LogP contribution in [0.4, 0.5) is 5.69 Å². The molecule has 3 rings (SSSR count). The van der Waals surface area contributed by atoms with E-state index in [2.05, 4.69) is 5.32 Å². The molecule has 154 valence electrons. The molecule has 0 aliphatic carbocycles. The van der Waals surface area contributed by atoms with E-state index >= 15 is 0 Å². The Bertz CT molecular complexity index is 1150. The van der Waals surface area contributed by atoms with Crippen molar-refractivity contribution >= 4 is 33.6 Å². The van der Waals surface area contributed by atoms with Gasteiger partial charge in [-0.2, -0.15) is 4.73 Å². The highest BCUT2D eigenvalue weighted by atomic mass is 32.2. The molecular weight excluding hydrogens is 404 g/mol. The molecule has 7 nitrogen and oxygen atoms in total. The lowest BCUT2D eigenvalue weighted by Crippen LogP contribution is -2.23. The number of para-hydroxylation sites is 1. The van der Waals surface area contributed by atoms with Gasteiger partial charge in [-0.1, -0.05) is 30.4 Å². The predicted molar refractivity (Wildman–Crippen MR) is 114 cm³/mol. The summed E-state index contributed by atoms with van der Waals surface area (Å²) in [6.45, 7) is 0. The summed E-state index contributed by atoms with van der Waals surface area (Å²) in [5, 5.41) is 13.8. The Morgan fingerprint density at radius 2 is 1.70 bits per heavy atom. The molecule has 0 unspecified atom stereocenters. The molecule has 3 aromatic rings. The second kappa shape index (κ2) is 9.23. The number of anilines is 1. The van der Waals surface area contributed by atoms with Gasteiger partial charge < -0.3 is 15.3 Å². The Hall–Kier alpha value is -3.65. The summed E-state index contributed by atoms with van der Waals surface area (Å²) in [4.78, 5) is 12.5. The molecule has 0 atom stereocenters. The zero-order chi connectivity index (χ0) is 21.6. The number of aromatic nitrogens is 1. The Morgan fingerprint density at radius 1 is 1.03 bits per heavy atom. The average molecular weight is 424 g/mol. The molecule has 0 saturated heterocycles. The predicted octanol–water partition coefficient (Wildman–Crippen LogP) is 2.91. The van der Waals surface area contributed by atoms with Crippen LogP contribution in [0.2, 0.25) is 0 Å². The van der Waals surface area contributed by atoms with E-state index in [9.17, 15) is 18.4 Å². The third-order valence-electron chi connectivity index (χ3n) is 4.26. The van der Waals surface area contributed by atoms with E-state index in [4.69, 9.17) is 4.74 Å². The molecule has 1 aromatic heterocycles. The van der Waals surface area contributed by atoms with Gasteiger partial charge in [-0.25, -0.2) is 8.42 Å². The van der Waals surface area contributed by atoms with Crippen LogP contribution in [0.1, 0.15) is 11.1 Å². The van der Waals surface area contributed by atoms with Crippen molar-refractivity contribution in [3.05, 3.63) is 89.4 Å². The van der Waals surface area contributed by atoms with Crippen molar-refractivity contribution in [2.75, 3.05) is 18.2 Å². The number of ether oxygens (including phenoxy) is 1. The molecule has 0 spiro atoms. The molecule has 0 aliphatic rings. The lowest BCUT2D eigenvalue weighted by atomic mass is 10.1. The zero-order valence-corrected chi connectivity index (χ0v) is 17.0. The van der Waals surface area contributed by atoms with E-state index in [1.807, 2.05) is 0 Å². The SMILES string of the molecule is COc1ccc(S(=O)(=O)CC(=O)Nc2ccccc2/C=C/c2cc[n+]([O-])cc2)cc1. The van der Waals surface area contributed by atoms with E-state index in [-0.39, 0.29) is 4.90 Å². The molecule has 0 saturated carbocycles. The average Bonchev–Trinajstić information content (AvgIpc) is 2.74. The molecule has 1 N–H and O–H groups in total. The Morgan fingerprint density at radius 3 is 2.37 bits per heavy atom. The zero-order valence-electron chi connectivity index (χ0n) is 16.2. The first kappa shape index (κ1) is 21.1. The smallest absolute Gasteiger partial charge is 0.239 e. The third-order valence-corrected chi connectivity index (χ3v) is 5.89. The second-order valence-corrected chi connectivity index (χ2v) is 8.38. The lowest BCUT2D eigenvalue weighted by molar-refractivity contribution is -0.605. The van der Waals surface area contributed by atoms with Crippen LogP contribution in [-0.4, -0.2) is 27.2 Å². The molecule has 1 amide bonds. The lowest BCUT2D eigenvalue weighted by Gasteiger charge is -2.09. The highest BCUT2D eigenvalue weighted by molar-refractivity contribution is 7.92. The van der Waals surface area contributed by atoms with Crippen LogP contribution in [0, 0.1) is 5.21 Å². The van der Waals surface area contributed by atoms with Crippen molar-refractivity contribution in [3.8, 4) is 5.75 Å². The molecule has 0 aliphatic heterocycles. The normalized spacial score (nSPS) is 11.4. The Kier molecular flexibility index (Phi) is 6.48. The van der Waals surface area contributed by atoms with Crippen LogP contribution in [0.15, 0.2) is 78.0 Å². The largest absolute Gasteiger partial charge is 0.619 e. The van der Waals surface area contributed by atoms with Gasteiger partial charge in [0.25, 0.3) is 0 Å². The molecular formula is C22H20N2O5S. The van der Waals surface area contributed by atoms with Gasteiger partial charge >= 0.3 is 0 Å². The first-order valence-corrected chi connectivity index (χ1v) is 10.7. The van der Waals surface area contributed by atoms with E-state index in [1.165, 1.54) is 43.8 Å². The maximum atomic E-state index is 12.5. The summed E-state index contributed by atoms with van der Waals surface area (Å²) in [5.74, 6) is -0.791. The molecule has 8 heteroatoms. The van der Waals surface area contributed by atoms with Gasteiger partial charge in [0.2, 0.25) is 5.91 Å². The van der Waals surface area contributed by atoms with E-state index in [0.29, 0.717) is 21.7 Å². The Balaban J connectivity index is 1.72. The standard InChI is InChI=1S/C22H20N2O5S/c1-29-19-8-10-20(11-9-19)30(27,28)16-22(25)23-21-5-3-2-4-18(21)7-6-17-12-14-24(26)15-13-17/h2-15H,16H2,1H3,(H,23,25)/b7-6+. The second-order valence-electron chi connectivity index (χ2n) is 6.39. The van der Waals surface area contributed by atoms with E-state index < -0.39 is 21.5 Å². The van der Waals surface area contributed by atoms with Crippen molar-refractivity contribution in [1.29, 1.82) is 0 Å².